The molecule has 0 radical (unpaired) electrons. The second-order valence-corrected chi connectivity index (χ2v) is 15.6. The van der Waals surface area contributed by atoms with Crippen LogP contribution in [0.5, 0.6) is 0 Å². The monoisotopic (exact) mass is 766 g/mol. The third-order valence-corrected chi connectivity index (χ3v) is 12.3. The Labute approximate surface area is 344 Å². The van der Waals surface area contributed by atoms with Crippen molar-refractivity contribution < 1.29 is 8.83 Å². The molecule has 0 fully saturated rings. The number of hydrogen-bond donors (Lipinski definition) is 0. The molecule has 13 aromatic rings. The minimum atomic E-state index is 0.842. The Hall–Kier alpha value is -8.08. The topological polar surface area (TPSA) is 34.5 Å². The van der Waals surface area contributed by atoms with Crippen LogP contribution in [0.4, 0.5) is 17.1 Å². The summed E-state index contributed by atoms with van der Waals surface area (Å²) in [4.78, 5) is 2.45. The van der Waals surface area contributed by atoms with E-state index in [2.05, 4.69) is 216 Å². The molecule has 0 amide bonds. The van der Waals surface area contributed by atoms with Crippen molar-refractivity contribution in [3.8, 4) is 16.8 Å². The van der Waals surface area contributed by atoms with Crippen LogP contribution < -0.4 is 4.90 Å². The van der Waals surface area contributed by atoms with Crippen molar-refractivity contribution in [1.82, 2.24) is 4.57 Å². The highest BCUT2D eigenvalue weighted by Crippen LogP contribution is 2.49. The van der Waals surface area contributed by atoms with Crippen LogP contribution in [0.3, 0.4) is 0 Å². The van der Waals surface area contributed by atoms with Gasteiger partial charge in [-0.2, -0.15) is 0 Å². The molecule has 0 aliphatic rings. The minimum Gasteiger partial charge on any atom is -0.456 e. The summed E-state index contributed by atoms with van der Waals surface area (Å²) in [6.07, 6.45) is 0. The third-order valence-electron chi connectivity index (χ3n) is 12.3. The molecule has 0 saturated carbocycles. The standard InChI is InChI=1S/C56H34N2O2/c1-2-16-37-34-54-45(32-36(37)15-1)44-33-38(29-31-52(44)59-54)39-17-5-8-21-46(39)58(51-26-13-27-53-55(51)43-30-28-35-14-3-4-18-40(35)56(43)60-53)50-25-12-11-24-49(50)57-47-22-9-6-19-41(47)42-20-7-10-23-48(42)57/h1-34H. The number of rotatable bonds is 5. The van der Waals surface area contributed by atoms with Gasteiger partial charge in [0.2, 0.25) is 0 Å². The second kappa shape index (κ2) is 12.7. The zero-order chi connectivity index (χ0) is 39.3. The predicted octanol–water partition coefficient (Wildman–Crippen LogP) is 16.0. The molecule has 280 valence electrons. The Morgan fingerprint density at radius 2 is 0.983 bits per heavy atom. The summed E-state index contributed by atoms with van der Waals surface area (Å²) >= 11 is 0. The first kappa shape index (κ1) is 32.9. The Balaban J connectivity index is 1.12. The van der Waals surface area contributed by atoms with Gasteiger partial charge in [-0.25, -0.2) is 0 Å². The molecule has 3 aromatic heterocycles. The Morgan fingerprint density at radius 3 is 1.80 bits per heavy atom. The van der Waals surface area contributed by atoms with E-state index in [1.807, 2.05) is 0 Å². The van der Waals surface area contributed by atoms with Crippen molar-refractivity contribution in [2.24, 2.45) is 0 Å². The predicted molar refractivity (Wildman–Crippen MR) is 250 cm³/mol. The number of para-hydroxylation sites is 5. The van der Waals surface area contributed by atoms with E-state index in [1.165, 1.54) is 21.5 Å². The Morgan fingerprint density at radius 1 is 0.350 bits per heavy atom. The molecule has 0 aliphatic carbocycles. The fourth-order valence-corrected chi connectivity index (χ4v) is 9.68. The molecule has 0 N–H and O–H groups in total. The van der Waals surface area contributed by atoms with Crippen LogP contribution in [0.15, 0.2) is 215 Å². The van der Waals surface area contributed by atoms with Crippen molar-refractivity contribution in [2.75, 3.05) is 4.90 Å². The van der Waals surface area contributed by atoms with Crippen LogP contribution in [0.25, 0.3) is 104 Å². The highest BCUT2D eigenvalue weighted by Gasteiger charge is 2.26. The van der Waals surface area contributed by atoms with Gasteiger partial charge in [0.1, 0.15) is 22.3 Å². The summed E-state index contributed by atoms with van der Waals surface area (Å²) < 4.78 is 15.7. The number of benzene rings is 10. The normalized spacial score (nSPS) is 12.0. The SMILES string of the molecule is c1ccc(N(c2ccccc2-n2c3ccccc3c3ccccc32)c2cccc3oc4c5ccccc5ccc4c23)c(-c2ccc3oc4cc5ccccc5cc4c3c2)c1. The summed E-state index contributed by atoms with van der Waals surface area (Å²) in [5.74, 6) is 0. The van der Waals surface area contributed by atoms with Gasteiger partial charge in [-0.3, -0.25) is 0 Å². The first-order valence-corrected chi connectivity index (χ1v) is 20.4. The maximum atomic E-state index is 6.83. The molecule has 0 bridgehead atoms. The fraction of sp³-hybridized carbons (Fsp3) is 0. The first-order chi connectivity index (χ1) is 29.8. The van der Waals surface area contributed by atoms with Crippen molar-refractivity contribution in [3.05, 3.63) is 206 Å². The van der Waals surface area contributed by atoms with Gasteiger partial charge in [-0.1, -0.05) is 133 Å². The molecule has 0 saturated heterocycles. The van der Waals surface area contributed by atoms with Gasteiger partial charge in [0.05, 0.1) is 39.2 Å². The summed E-state index contributed by atoms with van der Waals surface area (Å²) in [5.41, 5.74) is 12.2. The number of furan rings is 2. The number of anilines is 3. The van der Waals surface area contributed by atoms with Gasteiger partial charge in [0.25, 0.3) is 0 Å². The van der Waals surface area contributed by atoms with Crippen LogP contribution in [0, 0.1) is 0 Å². The zero-order valence-corrected chi connectivity index (χ0v) is 32.3. The summed E-state index contributed by atoms with van der Waals surface area (Å²) in [6, 6.07) is 73.9. The van der Waals surface area contributed by atoms with E-state index in [-0.39, 0.29) is 0 Å². The van der Waals surface area contributed by atoms with Gasteiger partial charge in [-0.05, 0) is 94.5 Å². The number of aromatic nitrogens is 1. The molecule has 0 aliphatic heterocycles. The maximum Gasteiger partial charge on any atom is 0.143 e. The lowest BCUT2D eigenvalue weighted by molar-refractivity contribution is 0.669. The van der Waals surface area contributed by atoms with Crippen molar-refractivity contribution >= 4 is 104 Å². The van der Waals surface area contributed by atoms with E-state index in [9.17, 15) is 0 Å². The minimum absolute atomic E-state index is 0.842. The molecule has 0 atom stereocenters. The number of nitrogens with zero attached hydrogens (tertiary/aromatic N) is 2. The molecule has 4 nitrogen and oxygen atoms in total. The molecular formula is C56H34N2O2. The van der Waals surface area contributed by atoms with E-state index >= 15 is 0 Å². The molecule has 3 heterocycles. The van der Waals surface area contributed by atoms with E-state index < -0.39 is 0 Å². The van der Waals surface area contributed by atoms with Crippen molar-refractivity contribution in [1.29, 1.82) is 0 Å². The van der Waals surface area contributed by atoms with Gasteiger partial charge in [-0.15, -0.1) is 0 Å². The smallest absolute Gasteiger partial charge is 0.143 e. The quantitative estimate of drug-likeness (QED) is 0.175. The van der Waals surface area contributed by atoms with E-state index in [1.54, 1.807) is 0 Å². The highest BCUT2D eigenvalue weighted by molar-refractivity contribution is 6.20. The molecule has 0 unspecified atom stereocenters. The third kappa shape index (κ3) is 4.79. The zero-order valence-electron chi connectivity index (χ0n) is 32.3. The van der Waals surface area contributed by atoms with Crippen LogP contribution in [-0.2, 0) is 0 Å². The van der Waals surface area contributed by atoms with Gasteiger partial charge in [0.15, 0.2) is 0 Å². The fourth-order valence-electron chi connectivity index (χ4n) is 9.68. The van der Waals surface area contributed by atoms with Crippen LogP contribution in [0.1, 0.15) is 0 Å². The second-order valence-electron chi connectivity index (χ2n) is 15.6. The van der Waals surface area contributed by atoms with Gasteiger partial charge in [0, 0.05) is 37.9 Å². The molecule has 4 heteroatoms. The summed E-state index contributed by atoms with van der Waals surface area (Å²) in [6.45, 7) is 0. The molecule has 0 spiro atoms. The number of fused-ring (bicyclic) bond motifs is 12. The average Bonchev–Trinajstić information content (AvgIpc) is 3.98. The van der Waals surface area contributed by atoms with Gasteiger partial charge < -0.3 is 18.3 Å². The van der Waals surface area contributed by atoms with Crippen molar-refractivity contribution in [3.63, 3.8) is 0 Å². The average molecular weight is 767 g/mol. The first-order valence-electron chi connectivity index (χ1n) is 20.4. The molecule has 10 aromatic carbocycles. The van der Waals surface area contributed by atoms with E-state index in [0.29, 0.717) is 0 Å². The van der Waals surface area contributed by atoms with Crippen LogP contribution in [0.2, 0.25) is 0 Å². The lowest BCUT2D eigenvalue weighted by Crippen LogP contribution is -2.14. The van der Waals surface area contributed by atoms with E-state index in [0.717, 1.165) is 99.6 Å². The van der Waals surface area contributed by atoms with Gasteiger partial charge >= 0.3 is 0 Å². The maximum absolute atomic E-state index is 6.83. The number of hydrogen-bond acceptors (Lipinski definition) is 3. The highest BCUT2D eigenvalue weighted by atomic mass is 16.3. The molecular weight excluding hydrogens is 733 g/mol. The van der Waals surface area contributed by atoms with E-state index in [4.69, 9.17) is 8.83 Å². The van der Waals surface area contributed by atoms with Crippen LogP contribution >= 0.6 is 0 Å². The Kier molecular flexibility index (Phi) is 6.98. The molecule has 13 rings (SSSR count). The van der Waals surface area contributed by atoms with Crippen molar-refractivity contribution in [2.45, 2.75) is 0 Å². The summed E-state index contributed by atoms with van der Waals surface area (Å²) in [5, 5.41) is 11.4. The summed E-state index contributed by atoms with van der Waals surface area (Å²) in [7, 11) is 0. The lowest BCUT2D eigenvalue weighted by atomic mass is 9.98. The molecule has 60 heavy (non-hydrogen) atoms. The largest absolute Gasteiger partial charge is 0.456 e. The van der Waals surface area contributed by atoms with Crippen LogP contribution in [-0.4, -0.2) is 4.57 Å². The Bertz CT molecular complexity index is 3810. The lowest BCUT2D eigenvalue weighted by Gasteiger charge is -2.30.